The number of aromatic hydroxyl groups is 1. The number of hydrogen-bond donors (Lipinski definition) is 1. The zero-order valence-corrected chi connectivity index (χ0v) is 8.00. The minimum Gasteiger partial charge on any atom is -0.504 e. The fourth-order valence-corrected chi connectivity index (χ4v) is 1.19. The number of rotatable bonds is 3. The lowest BCUT2D eigenvalue weighted by Crippen LogP contribution is -2.01. The molecule has 0 aliphatic rings. The van der Waals surface area contributed by atoms with Gasteiger partial charge in [-0.15, -0.1) is 0 Å². The Bertz CT molecular complexity index is 361. The molecule has 0 radical (unpaired) electrons. The van der Waals surface area contributed by atoms with E-state index >= 15 is 0 Å². The molecule has 4 heteroatoms. The van der Waals surface area contributed by atoms with E-state index in [1.807, 2.05) is 0 Å². The number of carbonyl (C=O) groups is 1. The number of methoxy groups -OCH3 is 1. The highest BCUT2D eigenvalue weighted by molar-refractivity contribution is 5.78. The molecule has 0 unspecified atom stereocenters. The monoisotopic (exact) mass is 198 g/mol. The van der Waals surface area contributed by atoms with Crippen molar-refractivity contribution in [3.63, 3.8) is 0 Å². The summed E-state index contributed by atoms with van der Waals surface area (Å²) in [4.78, 5) is 10.8. The summed E-state index contributed by atoms with van der Waals surface area (Å²) < 4.78 is 18.1. The lowest BCUT2D eigenvalue weighted by Gasteiger charge is -2.07. The first-order valence-corrected chi connectivity index (χ1v) is 4.10. The second-order valence-electron chi connectivity index (χ2n) is 2.97. The van der Waals surface area contributed by atoms with Crippen LogP contribution in [0.1, 0.15) is 12.5 Å². The van der Waals surface area contributed by atoms with Crippen LogP contribution in [0.3, 0.4) is 0 Å². The number of ether oxygens (including phenoxy) is 1. The van der Waals surface area contributed by atoms with E-state index in [1.165, 1.54) is 26.2 Å². The van der Waals surface area contributed by atoms with Gasteiger partial charge in [0.2, 0.25) is 0 Å². The quantitative estimate of drug-likeness (QED) is 0.803. The highest BCUT2D eigenvalue weighted by Crippen LogP contribution is 2.31. The molecule has 3 nitrogen and oxygen atoms in total. The first-order chi connectivity index (χ1) is 6.56. The maximum Gasteiger partial charge on any atom is 0.196 e. The summed E-state index contributed by atoms with van der Waals surface area (Å²) in [5, 5.41) is 9.20. The molecule has 0 fully saturated rings. The lowest BCUT2D eigenvalue weighted by atomic mass is 10.1. The topological polar surface area (TPSA) is 46.5 Å². The van der Waals surface area contributed by atoms with E-state index in [4.69, 9.17) is 0 Å². The summed E-state index contributed by atoms with van der Waals surface area (Å²) in [6.45, 7) is 1.37. The Morgan fingerprint density at radius 1 is 1.57 bits per heavy atom. The number of ketones is 1. The summed E-state index contributed by atoms with van der Waals surface area (Å²) in [6.07, 6.45) is 0.00245. The van der Waals surface area contributed by atoms with Gasteiger partial charge in [0, 0.05) is 6.42 Å². The number of halogens is 1. The summed E-state index contributed by atoms with van der Waals surface area (Å²) in [5.41, 5.74) is 0.229. The molecule has 1 aromatic rings. The van der Waals surface area contributed by atoms with Crippen LogP contribution in [0.4, 0.5) is 4.39 Å². The Morgan fingerprint density at radius 3 is 2.71 bits per heavy atom. The maximum absolute atomic E-state index is 13.5. The summed E-state index contributed by atoms with van der Waals surface area (Å²) in [5.74, 6) is -1.31. The molecule has 0 saturated carbocycles. The van der Waals surface area contributed by atoms with Gasteiger partial charge in [-0.05, 0) is 18.6 Å². The van der Waals surface area contributed by atoms with Crippen molar-refractivity contribution in [2.45, 2.75) is 13.3 Å². The highest BCUT2D eigenvalue weighted by Gasteiger charge is 2.14. The number of phenols is 1. The van der Waals surface area contributed by atoms with Crippen LogP contribution in [0.25, 0.3) is 0 Å². The summed E-state index contributed by atoms with van der Waals surface area (Å²) in [6, 6.07) is 2.68. The normalized spacial score (nSPS) is 9.93. The van der Waals surface area contributed by atoms with Crippen LogP contribution in [0.2, 0.25) is 0 Å². The highest BCUT2D eigenvalue weighted by atomic mass is 19.1. The second kappa shape index (κ2) is 4.09. The van der Waals surface area contributed by atoms with Gasteiger partial charge in [0.1, 0.15) is 5.78 Å². The molecule has 1 rings (SSSR count). The van der Waals surface area contributed by atoms with Gasteiger partial charge >= 0.3 is 0 Å². The molecule has 0 spiro atoms. The molecule has 1 aromatic carbocycles. The Hall–Kier alpha value is -1.58. The van der Waals surface area contributed by atoms with Gasteiger partial charge in [0.05, 0.1) is 7.11 Å². The van der Waals surface area contributed by atoms with E-state index in [-0.39, 0.29) is 29.3 Å². The predicted octanol–water partition coefficient (Wildman–Crippen LogP) is 1.67. The molecule has 0 amide bonds. The largest absolute Gasteiger partial charge is 0.504 e. The molecular weight excluding hydrogens is 187 g/mol. The van der Waals surface area contributed by atoms with E-state index < -0.39 is 5.82 Å². The molecular formula is C10H11FO3. The first-order valence-electron chi connectivity index (χ1n) is 4.10. The minimum absolute atomic E-state index is 0.00245. The van der Waals surface area contributed by atoms with Gasteiger partial charge in [-0.1, -0.05) is 6.07 Å². The molecule has 0 aliphatic carbocycles. The van der Waals surface area contributed by atoms with E-state index in [1.54, 1.807) is 0 Å². The van der Waals surface area contributed by atoms with Crippen LogP contribution in [-0.4, -0.2) is 18.0 Å². The van der Waals surface area contributed by atoms with E-state index in [9.17, 15) is 14.3 Å². The minimum atomic E-state index is -0.678. The molecule has 0 aliphatic heterocycles. The zero-order valence-electron chi connectivity index (χ0n) is 8.00. The Kier molecular flexibility index (Phi) is 3.06. The van der Waals surface area contributed by atoms with Crippen molar-refractivity contribution >= 4 is 5.78 Å². The Morgan fingerprint density at radius 2 is 2.21 bits per heavy atom. The number of benzene rings is 1. The number of Topliss-reactive ketones (excluding diaryl/α,β-unsaturated/α-hetero) is 1. The van der Waals surface area contributed by atoms with Crippen molar-refractivity contribution in [1.29, 1.82) is 0 Å². The third-order valence-corrected chi connectivity index (χ3v) is 1.80. The molecule has 0 heterocycles. The SMILES string of the molecule is COc1c(O)ccc(CC(C)=O)c1F. The zero-order chi connectivity index (χ0) is 10.7. The molecule has 76 valence electrons. The van der Waals surface area contributed by atoms with Crippen LogP contribution >= 0.6 is 0 Å². The summed E-state index contributed by atoms with van der Waals surface area (Å²) >= 11 is 0. The van der Waals surface area contributed by atoms with E-state index in [2.05, 4.69) is 4.74 Å². The van der Waals surface area contributed by atoms with Crippen LogP contribution in [0.15, 0.2) is 12.1 Å². The number of carbonyl (C=O) groups excluding carboxylic acids is 1. The van der Waals surface area contributed by atoms with E-state index in [0.717, 1.165) is 0 Å². The smallest absolute Gasteiger partial charge is 0.196 e. The average molecular weight is 198 g/mol. The molecule has 0 bridgehead atoms. The lowest BCUT2D eigenvalue weighted by molar-refractivity contribution is -0.116. The number of phenolic OH excluding ortho intramolecular Hbond substituents is 1. The van der Waals surface area contributed by atoms with Crippen LogP contribution in [0, 0.1) is 5.82 Å². The van der Waals surface area contributed by atoms with Crippen LogP contribution < -0.4 is 4.74 Å². The predicted molar refractivity (Wildman–Crippen MR) is 49.0 cm³/mol. The van der Waals surface area contributed by atoms with Crippen molar-refractivity contribution in [2.24, 2.45) is 0 Å². The Labute approximate surface area is 81.1 Å². The van der Waals surface area contributed by atoms with Gasteiger partial charge < -0.3 is 9.84 Å². The van der Waals surface area contributed by atoms with Gasteiger partial charge in [0.15, 0.2) is 17.3 Å². The molecule has 0 aromatic heterocycles. The van der Waals surface area contributed by atoms with Gasteiger partial charge in [-0.3, -0.25) is 4.79 Å². The standard InChI is InChI=1S/C10H11FO3/c1-6(12)5-7-3-4-8(13)10(14-2)9(7)11/h3-4,13H,5H2,1-2H3. The van der Waals surface area contributed by atoms with Gasteiger partial charge in [-0.25, -0.2) is 4.39 Å². The fourth-order valence-electron chi connectivity index (χ4n) is 1.19. The van der Waals surface area contributed by atoms with Crippen molar-refractivity contribution in [3.05, 3.63) is 23.5 Å². The van der Waals surface area contributed by atoms with Crippen LogP contribution in [-0.2, 0) is 11.2 Å². The third-order valence-electron chi connectivity index (χ3n) is 1.80. The molecule has 0 atom stereocenters. The molecule has 0 saturated heterocycles. The van der Waals surface area contributed by atoms with E-state index in [0.29, 0.717) is 0 Å². The molecule has 14 heavy (non-hydrogen) atoms. The number of hydrogen-bond acceptors (Lipinski definition) is 3. The van der Waals surface area contributed by atoms with Crippen molar-refractivity contribution < 1.29 is 19.0 Å². The Balaban J connectivity index is 3.14. The average Bonchev–Trinajstić information content (AvgIpc) is 2.10. The van der Waals surface area contributed by atoms with Crippen molar-refractivity contribution in [2.75, 3.05) is 7.11 Å². The summed E-state index contributed by atoms with van der Waals surface area (Å²) in [7, 11) is 1.26. The van der Waals surface area contributed by atoms with Crippen molar-refractivity contribution in [3.8, 4) is 11.5 Å². The first kappa shape index (κ1) is 10.5. The fraction of sp³-hybridized carbons (Fsp3) is 0.300. The maximum atomic E-state index is 13.5. The molecule has 1 N–H and O–H groups in total. The van der Waals surface area contributed by atoms with Gasteiger partial charge in [0.25, 0.3) is 0 Å². The van der Waals surface area contributed by atoms with Crippen LogP contribution in [0.5, 0.6) is 11.5 Å². The van der Waals surface area contributed by atoms with Crippen molar-refractivity contribution in [1.82, 2.24) is 0 Å². The third kappa shape index (κ3) is 2.02. The van der Waals surface area contributed by atoms with Gasteiger partial charge in [-0.2, -0.15) is 0 Å². The second-order valence-corrected chi connectivity index (χ2v) is 2.97.